The number of ether oxygens (including phenoxy) is 2. The molecule has 1 aliphatic rings. The molecule has 2 N–H and O–H groups in total. The molecule has 1 aliphatic carbocycles. The van der Waals surface area contributed by atoms with Crippen molar-refractivity contribution in [1.82, 2.24) is 15.1 Å². The molecule has 0 saturated carbocycles. The van der Waals surface area contributed by atoms with Gasteiger partial charge in [-0.25, -0.2) is 0 Å². The molecule has 0 aliphatic heterocycles. The van der Waals surface area contributed by atoms with Crippen molar-refractivity contribution < 1.29 is 19.4 Å². The van der Waals surface area contributed by atoms with Gasteiger partial charge in [-0.05, 0) is 69.1 Å². The molecule has 0 radical (unpaired) electrons. The van der Waals surface area contributed by atoms with Gasteiger partial charge in [0.1, 0.15) is 18.1 Å². The highest BCUT2D eigenvalue weighted by Crippen LogP contribution is 2.33. The number of aryl methyl sites for hydroxylation is 1. The van der Waals surface area contributed by atoms with Gasteiger partial charge in [0.15, 0.2) is 5.78 Å². The summed E-state index contributed by atoms with van der Waals surface area (Å²) in [5.74, 6) is 0.669. The number of aromatic hydroxyl groups is 1. The number of carbonyl (C=O) groups excluding carboxylic acids is 1. The van der Waals surface area contributed by atoms with Gasteiger partial charge < -0.3 is 19.5 Å². The third-order valence-electron chi connectivity index (χ3n) is 6.13. The molecule has 0 amide bonds. The number of rotatable bonds is 8. The number of methoxy groups -OCH3 is 1. The molecule has 1 aromatic heterocycles. The quantitative estimate of drug-likeness (QED) is 0.412. The van der Waals surface area contributed by atoms with E-state index in [-0.39, 0.29) is 17.5 Å². The molecule has 0 saturated heterocycles. The molecular weight excluding hydrogens is 406 g/mol. The van der Waals surface area contributed by atoms with E-state index < -0.39 is 0 Å². The molecule has 32 heavy (non-hydrogen) atoms. The first-order chi connectivity index (χ1) is 15.5. The minimum Gasteiger partial charge on any atom is -0.507 e. The van der Waals surface area contributed by atoms with E-state index in [1.165, 1.54) is 11.1 Å². The van der Waals surface area contributed by atoms with E-state index in [0.29, 0.717) is 30.7 Å². The van der Waals surface area contributed by atoms with Crippen molar-refractivity contribution in [2.45, 2.75) is 32.3 Å². The lowest BCUT2D eigenvalue weighted by Crippen LogP contribution is -2.19. The van der Waals surface area contributed by atoms with Crippen LogP contribution in [0.2, 0.25) is 0 Å². The number of ketones is 1. The predicted molar refractivity (Wildman–Crippen MR) is 123 cm³/mol. The van der Waals surface area contributed by atoms with Crippen molar-refractivity contribution in [1.29, 1.82) is 0 Å². The van der Waals surface area contributed by atoms with E-state index in [2.05, 4.69) is 27.2 Å². The Morgan fingerprint density at radius 3 is 2.88 bits per heavy atom. The maximum Gasteiger partial charge on any atom is 0.170 e. The number of fused-ring (bicyclic) bond motifs is 2. The standard InChI is InChI=1S/C25H31N3O4/c1-28(2)9-10-32-19-8-7-17-11-18(6-4-5-16(17)12-19)25(30)21-13-20-22(14-24(21)29)26-27-23(20)15-31-3/h7-8,12-14,18,29H,4-6,9-11,15H2,1-3H3,(H,26,27). The van der Waals surface area contributed by atoms with Crippen LogP contribution < -0.4 is 4.74 Å². The highest BCUT2D eigenvalue weighted by molar-refractivity contribution is 6.04. The highest BCUT2D eigenvalue weighted by atomic mass is 16.5. The number of Topliss-reactive ketones (excluding diaryl/α,β-unsaturated/α-hetero) is 1. The average Bonchev–Trinajstić information content (AvgIpc) is 3.01. The summed E-state index contributed by atoms with van der Waals surface area (Å²) in [4.78, 5) is 15.5. The van der Waals surface area contributed by atoms with E-state index >= 15 is 0 Å². The lowest BCUT2D eigenvalue weighted by Gasteiger charge is -2.16. The van der Waals surface area contributed by atoms with Gasteiger partial charge in [-0.15, -0.1) is 0 Å². The van der Waals surface area contributed by atoms with Crippen LogP contribution >= 0.6 is 0 Å². The number of benzene rings is 2. The van der Waals surface area contributed by atoms with Gasteiger partial charge in [-0.2, -0.15) is 5.10 Å². The molecule has 7 nitrogen and oxygen atoms in total. The first-order valence-corrected chi connectivity index (χ1v) is 11.1. The van der Waals surface area contributed by atoms with E-state index in [1.807, 2.05) is 20.2 Å². The number of aromatic amines is 1. The van der Waals surface area contributed by atoms with Crippen molar-refractivity contribution in [3.8, 4) is 11.5 Å². The molecule has 3 aromatic rings. The summed E-state index contributed by atoms with van der Waals surface area (Å²) in [5, 5.41) is 18.5. The van der Waals surface area contributed by atoms with Crippen LogP contribution in [0.4, 0.5) is 0 Å². The van der Waals surface area contributed by atoms with Gasteiger partial charge >= 0.3 is 0 Å². The van der Waals surface area contributed by atoms with Gasteiger partial charge in [-0.1, -0.05) is 6.07 Å². The lowest BCUT2D eigenvalue weighted by atomic mass is 9.88. The largest absolute Gasteiger partial charge is 0.507 e. The van der Waals surface area contributed by atoms with Crippen molar-refractivity contribution in [3.63, 3.8) is 0 Å². The minimum absolute atomic E-state index is 0.0203. The minimum atomic E-state index is -0.169. The second-order valence-corrected chi connectivity index (χ2v) is 8.76. The van der Waals surface area contributed by atoms with Crippen LogP contribution in [0.5, 0.6) is 11.5 Å². The molecule has 1 unspecified atom stereocenters. The van der Waals surface area contributed by atoms with Crippen LogP contribution in [0.15, 0.2) is 30.3 Å². The Morgan fingerprint density at radius 1 is 1.25 bits per heavy atom. The fourth-order valence-corrected chi connectivity index (χ4v) is 4.37. The first kappa shape index (κ1) is 22.3. The number of nitrogens with zero attached hydrogens (tertiary/aromatic N) is 2. The van der Waals surface area contributed by atoms with Gasteiger partial charge in [0.2, 0.25) is 0 Å². The third-order valence-corrected chi connectivity index (χ3v) is 6.13. The smallest absolute Gasteiger partial charge is 0.170 e. The number of hydrogen-bond donors (Lipinski definition) is 2. The summed E-state index contributed by atoms with van der Waals surface area (Å²) in [6, 6.07) is 9.50. The van der Waals surface area contributed by atoms with Gasteiger partial charge in [0, 0.05) is 31.0 Å². The average molecular weight is 438 g/mol. The zero-order chi connectivity index (χ0) is 22.7. The van der Waals surface area contributed by atoms with Crippen LogP contribution in [0, 0.1) is 5.92 Å². The van der Waals surface area contributed by atoms with Crippen LogP contribution in [0.3, 0.4) is 0 Å². The number of aromatic nitrogens is 2. The molecule has 0 spiro atoms. The molecule has 0 bridgehead atoms. The van der Waals surface area contributed by atoms with Crippen molar-refractivity contribution >= 4 is 16.7 Å². The number of carbonyl (C=O) groups is 1. The summed E-state index contributed by atoms with van der Waals surface area (Å²) >= 11 is 0. The molecule has 2 aromatic carbocycles. The second kappa shape index (κ2) is 9.71. The van der Waals surface area contributed by atoms with E-state index in [9.17, 15) is 9.90 Å². The monoisotopic (exact) mass is 437 g/mol. The lowest BCUT2D eigenvalue weighted by molar-refractivity contribution is 0.0910. The topological polar surface area (TPSA) is 87.7 Å². The number of phenols is 1. The normalized spacial score (nSPS) is 16.2. The number of H-pyrrole nitrogens is 1. The predicted octanol–water partition coefficient (Wildman–Crippen LogP) is 3.73. The van der Waals surface area contributed by atoms with Crippen molar-refractivity contribution in [2.75, 3.05) is 34.4 Å². The van der Waals surface area contributed by atoms with E-state index in [4.69, 9.17) is 9.47 Å². The SMILES string of the molecule is COCc1[nH]nc2cc(O)c(C(=O)C3CCCc4cc(OCCN(C)C)ccc4C3)cc12. The van der Waals surface area contributed by atoms with Crippen LogP contribution in [-0.4, -0.2) is 60.3 Å². The van der Waals surface area contributed by atoms with E-state index in [0.717, 1.165) is 42.6 Å². The summed E-state index contributed by atoms with van der Waals surface area (Å²) in [6.07, 6.45) is 3.31. The highest BCUT2D eigenvalue weighted by Gasteiger charge is 2.27. The molecule has 1 atom stereocenters. The fourth-order valence-electron chi connectivity index (χ4n) is 4.37. The Kier molecular flexibility index (Phi) is 6.77. The molecule has 4 rings (SSSR count). The van der Waals surface area contributed by atoms with Crippen LogP contribution in [0.1, 0.15) is 40.0 Å². The molecule has 1 heterocycles. The van der Waals surface area contributed by atoms with Gasteiger partial charge in [0.05, 0.1) is 23.4 Å². The number of nitrogens with one attached hydrogen (secondary N) is 1. The third kappa shape index (κ3) is 4.79. The molecule has 0 fully saturated rings. The summed E-state index contributed by atoms with van der Waals surface area (Å²) in [5.41, 5.74) is 4.21. The Balaban J connectivity index is 1.54. The number of hydrogen-bond acceptors (Lipinski definition) is 6. The van der Waals surface area contributed by atoms with E-state index in [1.54, 1.807) is 19.2 Å². The summed E-state index contributed by atoms with van der Waals surface area (Å²) in [7, 11) is 5.66. The maximum absolute atomic E-state index is 13.4. The molecular formula is C25H31N3O4. The van der Waals surface area contributed by atoms with Gasteiger partial charge in [0.25, 0.3) is 0 Å². The summed E-state index contributed by atoms with van der Waals surface area (Å²) in [6.45, 7) is 1.88. The van der Waals surface area contributed by atoms with Crippen molar-refractivity contribution in [3.05, 3.63) is 52.7 Å². The second-order valence-electron chi connectivity index (χ2n) is 8.76. The zero-order valence-corrected chi connectivity index (χ0v) is 19.0. The van der Waals surface area contributed by atoms with Crippen molar-refractivity contribution in [2.24, 2.45) is 5.92 Å². The Hall–Kier alpha value is -2.90. The molecule has 170 valence electrons. The molecule has 7 heteroatoms. The Labute approximate surface area is 188 Å². The number of likely N-dealkylation sites (N-methyl/N-ethyl adjacent to an activating group) is 1. The van der Waals surface area contributed by atoms with Crippen LogP contribution in [0.25, 0.3) is 10.9 Å². The summed E-state index contributed by atoms with van der Waals surface area (Å²) < 4.78 is 11.1. The first-order valence-electron chi connectivity index (χ1n) is 11.1. The fraction of sp³-hybridized carbons (Fsp3) is 0.440. The number of phenolic OH excluding ortho intramolecular Hbond substituents is 1. The Bertz CT molecular complexity index is 1110. The zero-order valence-electron chi connectivity index (χ0n) is 19.0. The Morgan fingerprint density at radius 2 is 2.09 bits per heavy atom. The maximum atomic E-state index is 13.4. The van der Waals surface area contributed by atoms with Gasteiger partial charge in [-0.3, -0.25) is 9.89 Å². The van der Waals surface area contributed by atoms with Crippen LogP contribution in [-0.2, 0) is 24.2 Å².